The third kappa shape index (κ3) is 13.8. The Balaban J connectivity index is 0.00000116. The number of aliphatic carboxylic acids is 1. The molecule has 0 saturated heterocycles. The van der Waals surface area contributed by atoms with E-state index >= 15 is 0 Å². The molecule has 0 aliphatic heterocycles. The Labute approximate surface area is 293 Å². The maximum Gasteiger partial charge on any atom is 0.490 e. The number of amides is 3. The number of nitrogens with two attached hydrogens (primary N) is 4. The van der Waals surface area contributed by atoms with Gasteiger partial charge in [-0.15, -0.1) is 0 Å². The van der Waals surface area contributed by atoms with Crippen molar-refractivity contribution in [3.63, 3.8) is 0 Å². The monoisotopic (exact) mass is 712 g/mol. The number of carbonyl (C=O) groups excluding carboxylic acids is 3. The van der Waals surface area contributed by atoms with Crippen molar-refractivity contribution < 1.29 is 37.5 Å². The van der Waals surface area contributed by atoms with E-state index in [2.05, 4.69) is 15.6 Å². The number of guanidine groups is 1. The zero-order valence-corrected chi connectivity index (χ0v) is 28.0. The maximum atomic E-state index is 14.2. The van der Waals surface area contributed by atoms with Gasteiger partial charge in [-0.2, -0.15) is 13.2 Å². The van der Waals surface area contributed by atoms with Crippen molar-refractivity contribution in [1.29, 1.82) is 5.41 Å². The number of benzene rings is 3. The van der Waals surface area contributed by atoms with Crippen LogP contribution >= 0.6 is 0 Å². The second-order valence-corrected chi connectivity index (χ2v) is 11.8. The van der Waals surface area contributed by atoms with Crippen LogP contribution in [-0.2, 0) is 37.4 Å². The van der Waals surface area contributed by atoms with Crippen LogP contribution in [-0.4, -0.2) is 65.4 Å². The molecule has 1 unspecified atom stereocenters. The molecule has 3 amide bonds. The Hall–Kier alpha value is -5.93. The average Bonchev–Trinajstić information content (AvgIpc) is 3.08. The molecule has 3 atom stereocenters. The van der Waals surface area contributed by atoms with E-state index < -0.39 is 41.5 Å². The zero-order valence-electron chi connectivity index (χ0n) is 28.0. The van der Waals surface area contributed by atoms with Crippen LogP contribution in [0.1, 0.15) is 48.4 Å². The summed E-state index contributed by atoms with van der Waals surface area (Å²) in [5, 5.41) is 20.5. The summed E-state index contributed by atoms with van der Waals surface area (Å²) in [4.78, 5) is 52.9. The van der Waals surface area contributed by atoms with E-state index in [1.165, 1.54) is 0 Å². The van der Waals surface area contributed by atoms with Crippen LogP contribution in [0.3, 0.4) is 0 Å². The van der Waals surface area contributed by atoms with Gasteiger partial charge in [0, 0.05) is 12.1 Å². The summed E-state index contributed by atoms with van der Waals surface area (Å²) in [5.41, 5.74) is 24.1. The lowest BCUT2D eigenvalue weighted by atomic mass is 9.76. The number of nitrogens with one attached hydrogen (secondary N) is 3. The first-order chi connectivity index (χ1) is 23.9. The molecule has 16 heteroatoms. The Morgan fingerprint density at radius 1 is 0.804 bits per heavy atom. The van der Waals surface area contributed by atoms with Crippen molar-refractivity contribution in [3.8, 4) is 0 Å². The molecule has 13 nitrogen and oxygen atoms in total. The van der Waals surface area contributed by atoms with Crippen LogP contribution in [0.25, 0.3) is 0 Å². The number of hydrogen-bond donors (Lipinski definition) is 8. The van der Waals surface area contributed by atoms with E-state index in [4.69, 9.17) is 38.2 Å². The fourth-order valence-corrected chi connectivity index (χ4v) is 4.93. The third-order valence-corrected chi connectivity index (χ3v) is 7.77. The van der Waals surface area contributed by atoms with Crippen LogP contribution in [0.5, 0.6) is 0 Å². The van der Waals surface area contributed by atoms with Gasteiger partial charge < -0.3 is 38.7 Å². The van der Waals surface area contributed by atoms with Crippen molar-refractivity contribution in [1.82, 2.24) is 10.6 Å². The molecule has 12 N–H and O–H groups in total. The molecule has 0 fully saturated rings. The summed E-state index contributed by atoms with van der Waals surface area (Å²) in [6.07, 6.45) is -3.31. The van der Waals surface area contributed by atoms with Crippen molar-refractivity contribution in [3.05, 3.63) is 107 Å². The van der Waals surface area contributed by atoms with E-state index in [0.29, 0.717) is 31.2 Å². The largest absolute Gasteiger partial charge is 0.490 e. The SMILES string of the molecule is C[C@@](Cc1ccc(C(=N)N)cc1)(C(=O)N[C@@H](CCc1ccccc1)C(=O)NC(CCCN=C(N)N)C(N)=O)c1ccccc1.O=C(O)C(F)(F)F. The number of rotatable bonds is 16. The van der Waals surface area contributed by atoms with Gasteiger partial charge in [0.1, 0.15) is 17.9 Å². The molecule has 3 rings (SSSR count). The number of aryl methyl sites for hydroxylation is 1. The molecule has 0 aliphatic carbocycles. The number of carboxylic acid groups (broad SMARTS) is 1. The molecule has 274 valence electrons. The minimum Gasteiger partial charge on any atom is -0.475 e. The lowest BCUT2D eigenvalue weighted by molar-refractivity contribution is -0.192. The highest BCUT2D eigenvalue weighted by atomic mass is 19.4. The molecule has 0 bridgehead atoms. The number of amidine groups is 1. The number of alkyl halides is 3. The molecule has 0 spiro atoms. The van der Waals surface area contributed by atoms with Gasteiger partial charge in [0.05, 0.1) is 5.41 Å². The predicted octanol–water partition coefficient (Wildman–Crippen LogP) is 2.25. The van der Waals surface area contributed by atoms with Crippen molar-refractivity contribution in [2.45, 2.75) is 62.7 Å². The maximum absolute atomic E-state index is 14.2. The van der Waals surface area contributed by atoms with E-state index in [1.54, 1.807) is 12.1 Å². The van der Waals surface area contributed by atoms with Gasteiger partial charge in [0.25, 0.3) is 0 Å². The molecule has 0 heterocycles. The number of nitrogen functional groups attached to an aromatic ring is 1. The molecule has 3 aromatic carbocycles. The van der Waals surface area contributed by atoms with Crippen LogP contribution in [0.4, 0.5) is 13.2 Å². The summed E-state index contributed by atoms with van der Waals surface area (Å²) in [6, 6.07) is 24.2. The van der Waals surface area contributed by atoms with E-state index in [1.807, 2.05) is 79.7 Å². The quantitative estimate of drug-likeness (QED) is 0.0620. The molecule has 0 aromatic heterocycles. The van der Waals surface area contributed by atoms with E-state index in [0.717, 1.165) is 16.7 Å². The summed E-state index contributed by atoms with van der Waals surface area (Å²) in [5.74, 6) is -4.42. The van der Waals surface area contributed by atoms with Gasteiger partial charge in [0.2, 0.25) is 17.7 Å². The fraction of sp³-hybridized carbons (Fsp3) is 0.314. The second-order valence-electron chi connectivity index (χ2n) is 11.8. The summed E-state index contributed by atoms with van der Waals surface area (Å²) < 4.78 is 31.7. The zero-order chi connectivity index (χ0) is 38.2. The molecular weight excluding hydrogens is 669 g/mol. The van der Waals surface area contributed by atoms with Gasteiger partial charge >= 0.3 is 12.1 Å². The van der Waals surface area contributed by atoms with Crippen LogP contribution in [0, 0.1) is 5.41 Å². The summed E-state index contributed by atoms with van der Waals surface area (Å²) in [6.45, 7) is 2.11. The summed E-state index contributed by atoms with van der Waals surface area (Å²) >= 11 is 0. The molecule has 51 heavy (non-hydrogen) atoms. The second kappa shape index (κ2) is 19.3. The molecular formula is C35H43F3N8O5. The first-order valence-electron chi connectivity index (χ1n) is 15.7. The Kier molecular flexibility index (Phi) is 15.6. The Bertz CT molecular complexity index is 1650. The van der Waals surface area contributed by atoms with Crippen molar-refractivity contribution in [2.75, 3.05) is 6.54 Å². The Morgan fingerprint density at radius 2 is 1.35 bits per heavy atom. The lowest BCUT2D eigenvalue weighted by Gasteiger charge is -2.32. The van der Waals surface area contributed by atoms with Crippen molar-refractivity contribution >= 4 is 35.5 Å². The molecule has 0 aliphatic rings. The molecule has 0 saturated carbocycles. The topological polar surface area (TPSA) is 253 Å². The van der Waals surface area contributed by atoms with Crippen LogP contribution in [0.15, 0.2) is 89.9 Å². The van der Waals surface area contributed by atoms with Gasteiger partial charge in [0.15, 0.2) is 5.96 Å². The number of aliphatic imine (C=N–C) groups is 1. The lowest BCUT2D eigenvalue weighted by Crippen LogP contribution is -2.56. The van der Waals surface area contributed by atoms with Gasteiger partial charge in [-0.1, -0.05) is 84.9 Å². The number of primary amides is 1. The van der Waals surface area contributed by atoms with Gasteiger partial charge in [-0.05, 0) is 55.7 Å². The standard InChI is InChI=1S/C33H42N8O3.C2HF3O2/c1-33(25-11-6-3-7-12-25,21-23-14-17-24(18-15-23)28(34)35)31(44)41-27(19-16-22-9-4-2-5-10-22)30(43)40-26(29(36)42)13-8-20-39-32(37)38;3-2(4,5)1(6)7/h2-7,9-12,14-15,17-18,26-27H,8,13,16,19-21H2,1H3,(H3,34,35)(H2,36,42)(H,40,43)(H,41,44)(H4,37,38,39);(H,6,7)/t26?,27-,33-;/m0./s1. The molecule has 3 aromatic rings. The molecule has 0 radical (unpaired) electrons. The van der Waals surface area contributed by atoms with E-state index in [-0.39, 0.29) is 30.7 Å². The highest BCUT2D eigenvalue weighted by molar-refractivity contribution is 5.96. The Morgan fingerprint density at radius 3 is 1.84 bits per heavy atom. The number of carboxylic acids is 1. The van der Waals surface area contributed by atoms with Crippen LogP contribution < -0.4 is 33.6 Å². The number of halogens is 3. The first kappa shape index (κ1) is 41.2. The highest BCUT2D eigenvalue weighted by Crippen LogP contribution is 2.29. The van der Waals surface area contributed by atoms with Gasteiger partial charge in [-0.25, -0.2) is 4.79 Å². The number of carbonyl (C=O) groups is 4. The van der Waals surface area contributed by atoms with E-state index in [9.17, 15) is 27.6 Å². The summed E-state index contributed by atoms with van der Waals surface area (Å²) in [7, 11) is 0. The fourth-order valence-electron chi connectivity index (χ4n) is 4.93. The number of nitrogens with zero attached hydrogens (tertiary/aromatic N) is 1. The minimum atomic E-state index is -5.08. The normalized spacial score (nSPS) is 13.2. The smallest absolute Gasteiger partial charge is 0.475 e. The third-order valence-electron chi connectivity index (χ3n) is 7.77. The highest BCUT2D eigenvalue weighted by Gasteiger charge is 2.39. The van der Waals surface area contributed by atoms with Gasteiger partial charge in [-0.3, -0.25) is 24.8 Å². The van der Waals surface area contributed by atoms with Crippen molar-refractivity contribution in [2.24, 2.45) is 27.9 Å². The first-order valence-corrected chi connectivity index (χ1v) is 15.7. The number of hydrogen-bond acceptors (Lipinski definition) is 6. The average molecular weight is 713 g/mol. The predicted molar refractivity (Wildman–Crippen MR) is 186 cm³/mol. The minimum absolute atomic E-state index is 0.0436. The van der Waals surface area contributed by atoms with Crippen LogP contribution in [0.2, 0.25) is 0 Å².